The van der Waals surface area contributed by atoms with E-state index in [1.165, 1.54) is 0 Å². The van der Waals surface area contributed by atoms with E-state index in [0.29, 0.717) is 23.3 Å². The van der Waals surface area contributed by atoms with Crippen molar-refractivity contribution in [1.29, 1.82) is 0 Å². The molecule has 2 aromatic carbocycles. The van der Waals surface area contributed by atoms with Crippen LogP contribution in [0.3, 0.4) is 0 Å². The van der Waals surface area contributed by atoms with Crippen LogP contribution in [0.4, 0.5) is 27.6 Å². The van der Waals surface area contributed by atoms with E-state index in [2.05, 4.69) is 5.32 Å². The van der Waals surface area contributed by atoms with Gasteiger partial charge in [-0.05, 0) is 62.0 Å². The largest absolute Gasteiger partial charge is 0.495 e. The van der Waals surface area contributed by atoms with Crippen LogP contribution < -0.4 is 15.7 Å². The third-order valence-corrected chi connectivity index (χ3v) is 8.68. The molecule has 0 aliphatic carbocycles. The van der Waals surface area contributed by atoms with Crippen molar-refractivity contribution in [3.8, 4) is 0 Å². The summed E-state index contributed by atoms with van der Waals surface area (Å²) in [4.78, 5) is 25.9. The number of hydrogen-bond acceptors (Lipinski definition) is 7. The molecule has 3 heterocycles. The predicted octanol–water partition coefficient (Wildman–Crippen LogP) is 3.49. The van der Waals surface area contributed by atoms with Crippen LogP contribution >= 0.6 is 0 Å². The highest BCUT2D eigenvalue weighted by Crippen LogP contribution is 2.38. The van der Waals surface area contributed by atoms with Gasteiger partial charge in [0.15, 0.2) is 0 Å². The second-order valence-corrected chi connectivity index (χ2v) is 12.0. The van der Waals surface area contributed by atoms with Crippen molar-refractivity contribution in [1.82, 2.24) is 5.32 Å². The molecule has 2 N–H and O–H groups in total. The Kier molecular flexibility index (Phi) is 8.46. The maximum Gasteiger partial charge on any atom is 0.495 e. The van der Waals surface area contributed by atoms with Crippen LogP contribution in [0.25, 0.3) is 0 Å². The number of aliphatic carboxylic acids is 1. The maximum atomic E-state index is 15.1. The Morgan fingerprint density at radius 2 is 1.66 bits per heavy atom. The molecule has 0 aromatic heterocycles. The van der Waals surface area contributed by atoms with Crippen molar-refractivity contribution < 1.29 is 55.4 Å². The number of carboxylic acids is 1. The summed E-state index contributed by atoms with van der Waals surface area (Å²) in [5.41, 5.74) is 0.0172. The lowest BCUT2D eigenvalue weighted by Crippen LogP contribution is -2.53. The van der Waals surface area contributed by atoms with E-state index < -0.39 is 77.9 Å². The molecule has 238 valence electrons. The Labute approximate surface area is 250 Å². The summed E-state index contributed by atoms with van der Waals surface area (Å²) in [6.45, 7) is 6.97. The number of halogens is 5. The number of nitrogens with zero attached hydrogens (tertiary/aromatic N) is 1. The maximum absolute atomic E-state index is 15.1. The third kappa shape index (κ3) is 6.02. The zero-order valence-corrected chi connectivity index (χ0v) is 24.5. The van der Waals surface area contributed by atoms with Crippen LogP contribution in [0.15, 0.2) is 24.3 Å². The lowest BCUT2D eigenvalue weighted by molar-refractivity contribution is -0.167. The Balaban J connectivity index is 1.36. The van der Waals surface area contributed by atoms with Crippen LogP contribution in [0, 0.1) is 11.6 Å². The van der Waals surface area contributed by atoms with Gasteiger partial charge in [0.05, 0.1) is 37.6 Å². The highest BCUT2D eigenvalue weighted by Gasteiger charge is 2.52. The van der Waals surface area contributed by atoms with Gasteiger partial charge in [-0.15, -0.1) is 0 Å². The zero-order valence-electron chi connectivity index (χ0n) is 24.5. The molecule has 0 bridgehead atoms. The molecule has 44 heavy (non-hydrogen) atoms. The Bertz CT molecular complexity index is 1430. The summed E-state index contributed by atoms with van der Waals surface area (Å²) in [5, 5.41) is 12.0. The molecule has 0 radical (unpaired) electrons. The molecule has 0 saturated carbocycles. The average molecular weight is 626 g/mol. The molecular weight excluding hydrogens is 594 g/mol. The number of alkyl halides is 3. The lowest BCUT2D eigenvalue weighted by Gasteiger charge is -2.38. The average Bonchev–Trinajstić information content (AvgIpc) is 3.49. The minimum absolute atomic E-state index is 0.0925. The number of hydrogen-bond donors (Lipinski definition) is 2. The molecule has 2 saturated heterocycles. The van der Waals surface area contributed by atoms with Crippen LogP contribution in [-0.4, -0.2) is 73.3 Å². The first-order chi connectivity index (χ1) is 20.5. The van der Waals surface area contributed by atoms with Crippen molar-refractivity contribution in [2.75, 3.05) is 24.7 Å². The van der Waals surface area contributed by atoms with E-state index in [4.69, 9.17) is 18.8 Å². The summed E-state index contributed by atoms with van der Waals surface area (Å²) in [6, 6.07) is 0.928. The smallest absolute Gasteiger partial charge is 0.480 e. The monoisotopic (exact) mass is 626 g/mol. The third-order valence-electron chi connectivity index (χ3n) is 8.68. The topological polar surface area (TPSA) is 107 Å². The van der Waals surface area contributed by atoms with Crippen molar-refractivity contribution >= 4 is 30.1 Å². The van der Waals surface area contributed by atoms with Crippen LogP contribution in [-0.2, 0) is 43.2 Å². The number of carbonyl (C=O) groups excluding carboxylic acids is 1. The van der Waals surface area contributed by atoms with E-state index in [9.17, 15) is 27.9 Å². The lowest BCUT2D eigenvalue weighted by atomic mass is 9.74. The molecule has 2 atom stereocenters. The first kappa shape index (κ1) is 32.1. The number of anilines is 1. The molecule has 5 rings (SSSR count). The van der Waals surface area contributed by atoms with Crippen LogP contribution in [0.5, 0.6) is 0 Å². The first-order valence-electron chi connectivity index (χ1n) is 14.0. The highest BCUT2D eigenvalue weighted by atomic mass is 19.4. The molecule has 2 unspecified atom stereocenters. The van der Waals surface area contributed by atoms with E-state index in [0.717, 1.165) is 15.9 Å². The fourth-order valence-electron chi connectivity index (χ4n) is 5.52. The van der Waals surface area contributed by atoms with Gasteiger partial charge in [-0.2, -0.15) is 13.2 Å². The second kappa shape index (κ2) is 11.6. The molecule has 2 aromatic rings. The number of morpholine rings is 1. The van der Waals surface area contributed by atoms with E-state index in [-0.39, 0.29) is 32.8 Å². The summed E-state index contributed by atoms with van der Waals surface area (Å²) in [5.74, 6) is -5.69. The SMILES string of the molecule is CC1(C)OB(c2ccc(CC(NC(=O)c3c(F)cc(N4CCOCC4C(F)(F)F)cc3F)C(=O)O)c3c2COC3)OC1(C)C. The van der Waals surface area contributed by atoms with Crippen molar-refractivity contribution in [3.63, 3.8) is 0 Å². The molecule has 3 aliphatic heterocycles. The van der Waals surface area contributed by atoms with E-state index in [1.54, 1.807) is 12.1 Å². The number of fused-ring (bicyclic) bond motifs is 1. The quantitative estimate of drug-likeness (QED) is 0.356. The van der Waals surface area contributed by atoms with Crippen molar-refractivity contribution in [2.24, 2.45) is 0 Å². The fourth-order valence-corrected chi connectivity index (χ4v) is 5.52. The van der Waals surface area contributed by atoms with Crippen LogP contribution in [0.2, 0.25) is 0 Å². The van der Waals surface area contributed by atoms with Gasteiger partial charge >= 0.3 is 19.3 Å². The number of amides is 1. The Morgan fingerprint density at radius 3 is 2.25 bits per heavy atom. The van der Waals surface area contributed by atoms with Gasteiger partial charge in [0.1, 0.15) is 29.3 Å². The van der Waals surface area contributed by atoms with Crippen molar-refractivity contribution in [3.05, 3.63) is 58.2 Å². The molecule has 15 heteroatoms. The van der Waals surface area contributed by atoms with Crippen LogP contribution in [0.1, 0.15) is 54.7 Å². The standard InChI is InChI=1S/C29H32BF5N2O7/c1-27(2)28(3,4)44-30(43-27)19-6-5-15(17-12-42-13-18(17)19)9-22(26(39)40)36-25(38)24-20(31)10-16(11-21(24)32)37-7-8-41-14-23(37)29(33,34)35/h5-6,10-11,22-23H,7-9,12-14H2,1-4H3,(H,36,38)(H,39,40). The second-order valence-electron chi connectivity index (χ2n) is 12.0. The molecule has 3 aliphatic rings. The summed E-state index contributed by atoms with van der Waals surface area (Å²) in [6.07, 6.45) is -4.97. The molecule has 1 amide bonds. The van der Waals surface area contributed by atoms with Crippen molar-refractivity contribution in [2.45, 2.75) is 76.8 Å². The number of ether oxygens (including phenoxy) is 2. The van der Waals surface area contributed by atoms with Gasteiger partial charge in [-0.25, -0.2) is 13.6 Å². The summed E-state index contributed by atoms with van der Waals surface area (Å²) >= 11 is 0. The van der Waals surface area contributed by atoms with Gasteiger partial charge < -0.3 is 34.1 Å². The van der Waals surface area contributed by atoms with Gasteiger partial charge in [0.2, 0.25) is 0 Å². The first-order valence-corrected chi connectivity index (χ1v) is 14.0. The molecule has 9 nitrogen and oxygen atoms in total. The number of rotatable bonds is 7. The van der Waals surface area contributed by atoms with Gasteiger partial charge in [-0.3, -0.25) is 4.79 Å². The molecule has 2 fully saturated rings. The minimum Gasteiger partial charge on any atom is -0.480 e. The minimum atomic E-state index is -4.73. The zero-order chi connectivity index (χ0) is 32.2. The normalized spacial score (nSPS) is 21.7. The highest BCUT2D eigenvalue weighted by molar-refractivity contribution is 6.62. The fraction of sp³-hybridized carbons (Fsp3) is 0.517. The Hall–Kier alpha value is -3.27. The van der Waals surface area contributed by atoms with Gasteiger partial charge in [-0.1, -0.05) is 12.1 Å². The van der Waals surface area contributed by atoms with E-state index >= 15 is 8.78 Å². The number of nitrogens with one attached hydrogen (secondary N) is 1. The van der Waals surface area contributed by atoms with E-state index in [1.807, 2.05) is 27.7 Å². The summed E-state index contributed by atoms with van der Waals surface area (Å²) < 4.78 is 93.4. The number of carbonyl (C=O) groups is 2. The number of carboxylic acid groups (broad SMARTS) is 1. The molecular formula is C29H32BF5N2O7. The van der Waals surface area contributed by atoms with Gasteiger partial charge in [0.25, 0.3) is 5.91 Å². The molecule has 0 spiro atoms. The summed E-state index contributed by atoms with van der Waals surface area (Å²) in [7, 11) is -0.683. The Morgan fingerprint density at radius 1 is 1.05 bits per heavy atom. The van der Waals surface area contributed by atoms with Gasteiger partial charge in [0, 0.05) is 18.7 Å². The predicted molar refractivity (Wildman–Crippen MR) is 148 cm³/mol. The number of benzene rings is 2.